The average molecular weight is 250 g/mol. The summed E-state index contributed by atoms with van der Waals surface area (Å²) in [7, 11) is 0. The molecular formula is C14H22N2S. The monoisotopic (exact) mass is 250 g/mol. The summed E-state index contributed by atoms with van der Waals surface area (Å²) in [6, 6.07) is 4.32. The molecule has 1 saturated carbocycles. The molecule has 94 valence electrons. The summed E-state index contributed by atoms with van der Waals surface area (Å²) in [6.45, 7) is 5.03. The van der Waals surface area contributed by atoms with Crippen LogP contribution in [0.25, 0.3) is 0 Å². The van der Waals surface area contributed by atoms with Crippen LogP contribution in [-0.4, -0.2) is 16.8 Å². The zero-order valence-electron chi connectivity index (χ0n) is 10.8. The minimum atomic E-state index is 0.669. The highest BCUT2D eigenvalue weighted by atomic mass is 32.2. The second kappa shape index (κ2) is 5.87. The van der Waals surface area contributed by atoms with Gasteiger partial charge >= 0.3 is 0 Å². The smallest absolute Gasteiger partial charge is 0.0968 e. The van der Waals surface area contributed by atoms with Crippen molar-refractivity contribution in [2.24, 2.45) is 11.7 Å². The fraction of sp³-hybridized carbons (Fsp3) is 0.643. The maximum absolute atomic E-state index is 5.87. The summed E-state index contributed by atoms with van der Waals surface area (Å²) < 4.78 is 0. The fourth-order valence-corrected chi connectivity index (χ4v) is 4.10. The molecule has 0 bridgehead atoms. The lowest BCUT2D eigenvalue weighted by atomic mass is 9.89. The molecule has 2 N–H and O–H groups in total. The molecule has 0 aliphatic heterocycles. The first-order chi connectivity index (χ1) is 8.19. The van der Waals surface area contributed by atoms with Crippen molar-refractivity contribution >= 4 is 11.8 Å². The zero-order valence-corrected chi connectivity index (χ0v) is 11.6. The molecule has 17 heavy (non-hydrogen) atoms. The van der Waals surface area contributed by atoms with Gasteiger partial charge in [-0.05, 0) is 56.8 Å². The predicted octanol–water partition coefficient (Wildman–Crippen LogP) is 3.31. The van der Waals surface area contributed by atoms with Crippen LogP contribution in [0.4, 0.5) is 0 Å². The fourth-order valence-electron chi connectivity index (χ4n) is 2.62. The third kappa shape index (κ3) is 3.46. The largest absolute Gasteiger partial charge is 0.330 e. The molecule has 1 aliphatic carbocycles. The van der Waals surface area contributed by atoms with Crippen LogP contribution >= 0.6 is 11.8 Å². The molecule has 1 aliphatic rings. The maximum atomic E-state index is 5.87. The third-order valence-corrected chi connectivity index (χ3v) is 4.86. The summed E-state index contributed by atoms with van der Waals surface area (Å²) in [6.07, 6.45) is 5.28. The van der Waals surface area contributed by atoms with Gasteiger partial charge in [-0.2, -0.15) is 0 Å². The zero-order chi connectivity index (χ0) is 12.3. The van der Waals surface area contributed by atoms with Gasteiger partial charge in [0.05, 0.1) is 5.03 Å². The Balaban J connectivity index is 2.08. The van der Waals surface area contributed by atoms with E-state index >= 15 is 0 Å². The number of thioether (sulfide) groups is 1. The number of nitrogens with two attached hydrogens (primary N) is 1. The van der Waals surface area contributed by atoms with E-state index in [1.54, 1.807) is 0 Å². The van der Waals surface area contributed by atoms with Gasteiger partial charge in [0.15, 0.2) is 0 Å². The van der Waals surface area contributed by atoms with Crippen LogP contribution in [0, 0.1) is 19.8 Å². The Bertz CT molecular complexity index is 358. The molecule has 2 unspecified atom stereocenters. The molecule has 2 nitrogen and oxygen atoms in total. The minimum absolute atomic E-state index is 0.669. The van der Waals surface area contributed by atoms with Crippen molar-refractivity contribution < 1.29 is 0 Å². The SMILES string of the molecule is Cc1cc(C)nc(SC2CCCCC2CN)c1. The summed E-state index contributed by atoms with van der Waals surface area (Å²) in [4.78, 5) is 4.62. The molecule has 1 aromatic rings. The van der Waals surface area contributed by atoms with E-state index in [2.05, 4.69) is 31.0 Å². The first-order valence-electron chi connectivity index (χ1n) is 6.51. The van der Waals surface area contributed by atoms with Gasteiger partial charge in [0.25, 0.3) is 0 Å². The molecule has 2 rings (SSSR count). The first kappa shape index (κ1) is 12.9. The second-order valence-electron chi connectivity index (χ2n) is 5.06. The van der Waals surface area contributed by atoms with Gasteiger partial charge in [0.1, 0.15) is 0 Å². The topological polar surface area (TPSA) is 38.9 Å². The molecule has 3 heteroatoms. The van der Waals surface area contributed by atoms with E-state index in [9.17, 15) is 0 Å². The van der Waals surface area contributed by atoms with E-state index in [0.29, 0.717) is 11.2 Å². The van der Waals surface area contributed by atoms with Gasteiger partial charge < -0.3 is 5.73 Å². The molecule has 2 atom stereocenters. The predicted molar refractivity (Wildman–Crippen MR) is 74.4 cm³/mol. The van der Waals surface area contributed by atoms with Crippen molar-refractivity contribution in [3.05, 3.63) is 23.4 Å². The summed E-state index contributed by atoms with van der Waals surface area (Å²) in [5.74, 6) is 0.677. The second-order valence-corrected chi connectivity index (χ2v) is 6.32. The number of aromatic nitrogens is 1. The Morgan fingerprint density at radius 2 is 2.06 bits per heavy atom. The Kier molecular flexibility index (Phi) is 4.46. The Morgan fingerprint density at radius 3 is 2.76 bits per heavy atom. The molecule has 0 saturated heterocycles. The van der Waals surface area contributed by atoms with Crippen molar-refractivity contribution in [3.63, 3.8) is 0 Å². The van der Waals surface area contributed by atoms with E-state index in [-0.39, 0.29) is 0 Å². The normalized spacial score (nSPS) is 24.9. The standard InChI is InChI=1S/C14H22N2S/c1-10-7-11(2)16-14(8-10)17-13-6-4-3-5-12(13)9-15/h7-8,12-13H,3-6,9,15H2,1-2H3. The van der Waals surface area contributed by atoms with E-state index in [1.165, 1.54) is 36.3 Å². The number of hydrogen-bond acceptors (Lipinski definition) is 3. The highest BCUT2D eigenvalue weighted by Crippen LogP contribution is 2.36. The lowest BCUT2D eigenvalue weighted by Gasteiger charge is -2.29. The summed E-state index contributed by atoms with van der Waals surface area (Å²) in [5, 5.41) is 1.84. The van der Waals surface area contributed by atoms with Gasteiger partial charge in [-0.15, -0.1) is 11.8 Å². The van der Waals surface area contributed by atoms with Crippen LogP contribution in [0.15, 0.2) is 17.2 Å². The van der Waals surface area contributed by atoms with Crippen molar-refractivity contribution in [1.29, 1.82) is 0 Å². The Morgan fingerprint density at radius 1 is 1.29 bits per heavy atom. The average Bonchev–Trinajstić information content (AvgIpc) is 2.28. The Labute approximate surface area is 108 Å². The van der Waals surface area contributed by atoms with Crippen molar-refractivity contribution in [3.8, 4) is 0 Å². The molecule has 0 aromatic carbocycles. The van der Waals surface area contributed by atoms with E-state index < -0.39 is 0 Å². The maximum Gasteiger partial charge on any atom is 0.0968 e. The molecule has 1 aromatic heterocycles. The Hall–Kier alpha value is -0.540. The van der Waals surface area contributed by atoms with Gasteiger partial charge in [0.2, 0.25) is 0 Å². The van der Waals surface area contributed by atoms with Crippen molar-refractivity contribution in [2.75, 3.05) is 6.54 Å². The number of pyridine rings is 1. The lowest BCUT2D eigenvalue weighted by Crippen LogP contribution is -2.28. The van der Waals surface area contributed by atoms with Gasteiger partial charge in [0, 0.05) is 10.9 Å². The highest BCUT2D eigenvalue weighted by Gasteiger charge is 2.25. The molecule has 1 heterocycles. The third-order valence-electron chi connectivity index (χ3n) is 3.49. The molecule has 0 radical (unpaired) electrons. The van der Waals surface area contributed by atoms with Crippen LogP contribution in [0.3, 0.4) is 0 Å². The number of hydrogen-bond donors (Lipinski definition) is 1. The molecule has 0 amide bonds. The molecule has 0 spiro atoms. The van der Waals surface area contributed by atoms with Gasteiger partial charge in [-0.3, -0.25) is 0 Å². The highest BCUT2D eigenvalue weighted by molar-refractivity contribution is 7.99. The number of rotatable bonds is 3. The van der Waals surface area contributed by atoms with E-state index in [1.807, 2.05) is 11.8 Å². The quantitative estimate of drug-likeness (QED) is 0.894. The van der Waals surface area contributed by atoms with E-state index in [4.69, 9.17) is 5.73 Å². The van der Waals surface area contributed by atoms with Crippen molar-refractivity contribution in [1.82, 2.24) is 4.98 Å². The number of aryl methyl sites for hydroxylation is 2. The number of nitrogens with zero attached hydrogens (tertiary/aromatic N) is 1. The van der Waals surface area contributed by atoms with Crippen molar-refractivity contribution in [2.45, 2.75) is 49.8 Å². The molecular weight excluding hydrogens is 228 g/mol. The van der Waals surface area contributed by atoms with Crippen LogP contribution in [0.2, 0.25) is 0 Å². The van der Waals surface area contributed by atoms with Crippen LogP contribution in [-0.2, 0) is 0 Å². The summed E-state index contributed by atoms with van der Waals surface area (Å²) >= 11 is 1.93. The minimum Gasteiger partial charge on any atom is -0.330 e. The summed E-state index contributed by atoms with van der Waals surface area (Å²) in [5.41, 5.74) is 8.30. The van der Waals surface area contributed by atoms with E-state index in [0.717, 1.165) is 12.2 Å². The van der Waals surface area contributed by atoms with Crippen LogP contribution in [0.5, 0.6) is 0 Å². The molecule has 1 fully saturated rings. The first-order valence-corrected chi connectivity index (χ1v) is 7.39. The lowest BCUT2D eigenvalue weighted by molar-refractivity contribution is 0.378. The van der Waals surface area contributed by atoms with Gasteiger partial charge in [-0.1, -0.05) is 12.8 Å². The van der Waals surface area contributed by atoms with Gasteiger partial charge in [-0.25, -0.2) is 4.98 Å². The van der Waals surface area contributed by atoms with Crippen LogP contribution < -0.4 is 5.73 Å². The van der Waals surface area contributed by atoms with Crippen LogP contribution in [0.1, 0.15) is 36.9 Å².